The summed E-state index contributed by atoms with van der Waals surface area (Å²) in [6, 6.07) is 1.61. The minimum Gasteiger partial charge on any atom is -0.477 e. The number of hydrogen-bond acceptors (Lipinski definition) is 5. The Balaban J connectivity index is 1.76. The van der Waals surface area contributed by atoms with E-state index in [0.29, 0.717) is 30.7 Å². The Morgan fingerprint density at radius 3 is 2.82 bits per heavy atom. The zero-order chi connectivity index (χ0) is 20.0. The van der Waals surface area contributed by atoms with E-state index in [1.54, 1.807) is 4.57 Å². The number of halogens is 1. The van der Waals surface area contributed by atoms with Crippen LogP contribution >= 0.6 is 0 Å². The minimum atomic E-state index is -1.30. The average Bonchev–Trinajstić information content (AvgIpc) is 3.38. The van der Waals surface area contributed by atoms with Crippen LogP contribution in [-0.2, 0) is 0 Å². The van der Waals surface area contributed by atoms with Crippen molar-refractivity contribution < 1.29 is 14.3 Å². The minimum absolute atomic E-state index is 0.0322. The first-order chi connectivity index (χ1) is 13.4. The summed E-state index contributed by atoms with van der Waals surface area (Å²) < 4.78 is 16.6. The molecular weight excluding hydrogens is 363 g/mol. The summed E-state index contributed by atoms with van der Waals surface area (Å²) in [5.74, 6) is -1.23. The van der Waals surface area contributed by atoms with Crippen LogP contribution in [0.15, 0.2) is 17.1 Å². The molecule has 4 rings (SSSR count). The maximum Gasteiger partial charge on any atom is 0.341 e. The molecule has 1 saturated heterocycles. The summed E-state index contributed by atoms with van der Waals surface area (Å²) in [5.41, 5.74) is -0.649. The van der Waals surface area contributed by atoms with Crippen molar-refractivity contribution in [3.05, 3.63) is 33.9 Å². The van der Waals surface area contributed by atoms with Crippen LogP contribution in [0.4, 0.5) is 10.2 Å². The zero-order valence-corrected chi connectivity index (χ0v) is 16.1. The molecule has 150 valence electrons. The van der Waals surface area contributed by atoms with E-state index in [1.807, 2.05) is 4.90 Å². The van der Waals surface area contributed by atoms with Crippen LogP contribution in [0.1, 0.15) is 49.5 Å². The molecule has 1 aliphatic heterocycles. The first-order valence-electron chi connectivity index (χ1n) is 9.87. The number of carboxylic acids is 1. The van der Waals surface area contributed by atoms with Crippen LogP contribution in [0.3, 0.4) is 0 Å². The van der Waals surface area contributed by atoms with Gasteiger partial charge in [-0.15, -0.1) is 0 Å². The Morgan fingerprint density at radius 1 is 1.43 bits per heavy atom. The predicted octanol–water partition coefficient (Wildman–Crippen LogP) is 2.39. The van der Waals surface area contributed by atoms with E-state index in [2.05, 4.69) is 24.1 Å². The zero-order valence-electron chi connectivity index (χ0n) is 16.1. The molecule has 2 aromatic heterocycles. The number of anilines is 1. The second-order valence-electron chi connectivity index (χ2n) is 7.82. The fourth-order valence-electron chi connectivity index (χ4n) is 4.12. The van der Waals surface area contributed by atoms with Gasteiger partial charge in [0.05, 0.1) is 5.39 Å². The van der Waals surface area contributed by atoms with Gasteiger partial charge in [0.1, 0.15) is 11.2 Å². The van der Waals surface area contributed by atoms with Gasteiger partial charge in [0.2, 0.25) is 5.43 Å². The first kappa shape index (κ1) is 18.9. The maximum atomic E-state index is 14.9. The fourth-order valence-corrected chi connectivity index (χ4v) is 4.12. The lowest BCUT2D eigenvalue weighted by Gasteiger charge is -2.22. The SMILES string of the molecule is CCN[C@@H](C)[C@@H]1CCN(c2nc3c(cc2F)c(=O)c(C(=O)O)cn3C2CC2)C1. The smallest absolute Gasteiger partial charge is 0.341 e. The van der Waals surface area contributed by atoms with Gasteiger partial charge in [0.15, 0.2) is 11.6 Å². The number of hydrogen-bond donors (Lipinski definition) is 2. The molecule has 7 nitrogen and oxygen atoms in total. The molecule has 0 aromatic carbocycles. The third kappa shape index (κ3) is 3.26. The van der Waals surface area contributed by atoms with Crippen LogP contribution in [0.2, 0.25) is 0 Å². The second-order valence-corrected chi connectivity index (χ2v) is 7.82. The first-order valence-corrected chi connectivity index (χ1v) is 9.87. The van der Waals surface area contributed by atoms with Crippen LogP contribution in [0.25, 0.3) is 11.0 Å². The van der Waals surface area contributed by atoms with E-state index in [9.17, 15) is 19.1 Å². The highest BCUT2D eigenvalue weighted by Gasteiger charge is 2.31. The summed E-state index contributed by atoms with van der Waals surface area (Å²) in [7, 11) is 0. The average molecular weight is 388 g/mol. The molecule has 3 heterocycles. The molecule has 0 unspecified atom stereocenters. The maximum absolute atomic E-state index is 14.9. The van der Waals surface area contributed by atoms with Gasteiger partial charge >= 0.3 is 5.97 Å². The van der Waals surface area contributed by atoms with Gasteiger partial charge in [-0.2, -0.15) is 0 Å². The Kier molecular flexibility index (Phi) is 4.82. The van der Waals surface area contributed by atoms with Gasteiger partial charge in [-0.25, -0.2) is 14.2 Å². The van der Waals surface area contributed by atoms with Crippen molar-refractivity contribution in [1.29, 1.82) is 0 Å². The number of nitrogens with one attached hydrogen (secondary N) is 1. The summed E-state index contributed by atoms with van der Waals surface area (Å²) in [5, 5.41) is 12.8. The lowest BCUT2D eigenvalue weighted by Crippen LogP contribution is -2.35. The molecule has 0 spiro atoms. The second kappa shape index (κ2) is 7.16. The van der Waals surface area contributed by atoms with E-state index in [0.717, 1.165) is 31.9 Å². The van der Waals surface area contributed by atoms with E-state index in [-0.39, 0.29) is 22.8 Å². The summed E-state index contributed by atoms with van der Waals surface area (Å²) in [6.07, 6.45) is 4.11. The van der Waals surface area contributed by atoms with E-state index in [4.69, 9.17) is 0 Å². The highest BCUT2D eigenvalue weighted by atomic mass is 19.1. The Labute approximate surface area is 162 Å². The molecule has 8 heteroatoms. The van der Waals surface area contributed by atoms with Gasteiger partial charge in [0, 0.05) is 31.4 Å². The Hall–Kier alpha value is -2.48. The molecule has 2 aromatic rings. The lowest BCUT2D eigenvalue weighted by molar-refractivity contribution is 0.0695. The molecule has 1 aliphatic carbocycles. The van der Waals surface area contributed by atoms with Crippen LogP contribution in [0, 0.1) is 11.7 Å². The van der Waals surface area contributed by atoms with E-state index in [1.165, 1.54) is 6.20 Å². The molecule has 0 amide bonds. The third-order valence-electron chi connectivity index (χ3n) is 5.87. The molecule has 2 aliphatic rings. The van der Waals surface area contributed by atoms with E-state index >= 15 is 0 Å². The van der Waals surface area contributed by atoms with Crippen molar-refractivity contribution in [2.45, 2.75) is 45.2 Å². The number of nitrogens with zero attached hydrogens (tertiary/aromatic N) is 3. The van der Waals surface area contributed by atoms with Crippen molar-refractivity contribution in [2.75, 3.05) is 24.5 Å². The summed E-state index contributed by atoms with van der Waals surface area (Å²) in [4.78, 5) is 30.4. The largest absolute Gasteiger partial charge is 0.477 e. The number of rotatable bonds is 6. The monoisotopic (exact) mass is 388 g/mol. The Bertz CT molecular complexity index is 986. The molecule has 2 N–H and O–H groups in total. The number of carboxylic acid groups (broad SMARTS) is 1. The van der Waals surface area contributed by atoms with Crippen LogP contribution in [-0.4, -0.2) is 46.3 Å². The highest BCUT2D eigenvalue weighted by molar-refractivity contribution is 5.92. The van der Waals surface area contributed by atoms with Gasteiger partial charge in [-0.05, 0) is 44.7 Å². The topological polar surface area (TPSA) is 87.5 Å². The number of aromatic nitrogens is 2. The molecule has 0 radical (unpaired) electrons. The molecule has 28 heavy (non-hydrogen) atoms. The molecular formula is C20H25FN4O3. The number of pyridine rings is 2. The molecule has 2 atom stereocenters. The number of carbonyl (C=O) groups is 1. The van der Waals surface area contributed by atoms with Gasteiger partial charge in [0.25, 0.3) is 0 Å². The van der Waals surface area contributed by atoms with Crippen LogP contribution in [0.5, 0.6) is 0 Å². The molecule has 0 bridgehead atoms. The summed E-state index contributed by atoms with van der Waals surface area (Å²) >= 11 is 0. The summed E-state index contributed by atoms with van der Waals surface area (Å²) in [6.45, 7) is 6.50. The van der Waals surface area contributed by atoms with Crippen molar-refractivity contribution in [3.63, 3.8) is 0 Å². The normalized spacial score (nSPS) is 20.7. The van der Waals surface area contributed by atoms with Crippen molar-refractivity contribution in [3.8, 4) is 0 Å². The fraction of sp³-hybridized carbons (Fsp3) is 0.550. The quantitative estimate of drug-likeness (QED) is 0.790. The molecule has 2 fully saturated rings. The highest BCUT2D eigenvalue weighted by Crippen LogP contribution is 2.37. The van der Waals surface area contributed by atoms with Crippen LogP contribution < -0.4 is 15.6 Å². The van der Waals surface area contributed by atoms with Gasteiger partial charge in [-0.3, -0.25) is 4.79 Å². The van der Waals surface area contributed by atoms with Gasteiger partial charge < -0.3 is 19.9 Å². The Morgan fingerprint density at radius 2 is 2.18 bits per heavy atom. The van der Waals surface area contributed by atoms with Crippen molar-refractivity contribution in [2.24, 2.45) is 5.92 Å². The molecule has 1 saturated carbocycles. The lowest BCUT2D eigenvalue weighted by atomic mass is 10.0. The van der Waals surface area contributed by atoms with Crippen molar-refractivity contribution in [1.82, 2.24) is 14.9 Å². The third-order valence-corrected chi connectivity index (χ3v) is 5.87. The van der Waals surface area contributed by atoms with Crippen molar-refractivity contribution >= 4 is 22.8 Å². The number of aromatic carboxylic acids is 1. The number of fused-ring (bicyclic) bond motifs is 1. The standard InChI is InChI=1S/C20H25FN4O3/c1-3-22-11(2)12-6-7-24(9-12)19-16(21)8-14-17(26)15(20(27)28)10-25(13-4-5-13)18(14)23-19/h8,10-13,22H,3-7,9H2,1-2H3,(H,27,28)/t11-,12+/m0/s1. The predicted molar refractivity (Wildman–Crippen MR) is 105 cm³/mol. The van der Waals surface area contributed by atoms with Gasteiger partial charge in [-0.1, -0.05) is 6.92 Å². The van der Waals surface area contributed by atoms with E-state index < -0.39 is 17.2 Å².